The van der Waals surface area contributed by atoms with Gasteiger partial charge in [0.15, 0.2) is 5.75 Å². The first-order valence-corrected chi connectivity index (χ1v) is 16.1. The lowest BCUT2D eigenvalue weighted by Gasteiger charge is -2.36. The van der Waals surface area contributed by atoms with Crippen LogP contribution in [-0.2, 0) is 4.79 Å². The number of carbonyl (C=O) groups is 1. The minimum Gasteiger partial charge on any atom is -0.505 e. The molecule has 10 heteroatoms. The molecule has 3 heterocycles. The van der Waals surface area contributed by atoms with Crippen LogP contribution in [0.3, 0.4) is 0 Å². The third kappa shape index (κ3) is 5.56. The van der Waals surface area contributed by atoms with Crippen molar-refractivity contribution in [2.45, 2.75) is 75.2 Å². The summed E-state index contributed by atoms with van der Waals surface area (Å²) in [5.41, 5.74) is 4.30. The number of piperidine rings is 1. The number of halogens is 2. The molecule has 0 amide bonds. The van der Waals surface area contributed by atoms with Crippen molar-refractivity contribution in [3.8, 4) is 16.9 Å². The summed E-state index contributed by atoms with van der Waals surface area (Å²) in [6.45, 7) is 0. The second kappa shape index (κ2) is 11.5. The number of carboxylic acids is 1. The first-order chi connectivity index (χ1) is 19.3. The van der Waals surface area contributed by atoms with Crippen LogP contribution in [0.2, 0.25) is 10.0 Å². The maximum atomic E-state index is 12.6. The number of aromatic nitrogens is 1. The Morgan fingerprint density at radius 2 is 1.82 bits per heavy atom. The lowest BCUT2D eigenvalue weighted by molar-refractivity contribution is -0.138. The molecular formula is C30H34Cl2N4O3S. The van der Waals surface area contributed by atoms with Gasteiger partial charge in [0.2, 0.25) is 0 Å². The summed E-state index contributed by atoms with van der Waals surface area (Å²) in [6.07, 6.45) is 10.8. The summed E-state index contributed by atoms with van der Waals surface area (Å²) >= 11 is 14.2. The van der Waals surface area contributed by atoms with Crippen LogP contribution in [0, 0.1) is 0 Å². The molecule has 40 heavy (non-hydrogen) atoms. The number of carboxylic acid groups (broad SMARTS) is 1. The zero-order valence-corrected chi connectivity index (χ0v) is 24.7. The van der Waals surface area contributed by atoms with Gasteiger partial charge in [-0.2, -0.15) is 11.8 Å². The molecule has 3 fully saturated rings. The predicted molar refractivity (Wildman–Crippen MR) is 165 cm³/mol. The Labute approximate surface area is 248 Å². The van der Waals surface area contributed by atoms with Gasteiger partial charge in [-0.15, -0.1) is 0 Å². The number of nitrogens with one attached hydrogen (secondary N) is 2. The fraction of sp³-hybridized carbons (Fsp3) is 0.467. The van der Waals surface area contributed by atoms with Crippen molar-refractivity contribution in [1.82, 2.24) is 10.3 Å². The van der Waals surface area contributed by atoms with Gasteiger partial charge in [0.05, 0.1) is 33.1 Å². The van der Waals surface area contributed by atoms with Crippen molar-refractivity contribution in [2.75, 3.05) is 22.2 Å². The van der Waals surface area contributed by atoms with E-state index in [1.807, 2.05) is 24.6 Å². The van der Waals surface area contributed by atoms with Gasteiger partial charge < -0.3 is 25.7 Å². The molecular weight excluding hydrogens is 567 g/mol. The lowest BCUT2D eigenvalue weighted by Crippen LogP contribution is -2.45. The summed E-state index contributed by atoms with van der Waals surface area (Å²) < 4.78 is 0. The van der Waals surface area contributed by atoms with Gasteiger partial charge in [-0.3, -0.25) is 4.98 Å². The van der Waals surface area contributed by atoms with Crippen LogP contribution in [0.4, 0.5) is 11.4 Å². The van der Waals surface area contributed by atoms with Crippen molar-refractivity contribution in [3.05, 3.63) is 46.6 Å². The maximum Gasteiger partial charge on any atom is 0.326 e. The standard InChI is InChI=1S/C30H34Cl2N4O3S/c1-40-9-8-26(30(38)39)36(21-5-6-21)27-15-33-25-7-2-16(17-11-23(31)29(37)24(32)12-17)10-22(25)28(27)35-20-13-18-3-4-19(14-20)34-18/h2,7,10-12,15,18-21,26,34,37H,3-6,8-9,13-14H2,1H3,(H,33,35)(H,38,39)/t18-,19+,20+,26-/m0/s1. The van der Waals surface area contributed by atoms with Crippen LogP contribution < -0.4 is 15.5 Å². The highest BCUT2D eigenvalue weighted by molar-refractivity contribution is 7.98. The topological polar surface area (TPSA) is 97.7 Å². The van der Waals surface area contributed by atoms with Crippen LogP contribution in [0.25, 0.3) is 22.0 Å². The van der Waals surface area contributed by atoms with Gasteiger partial charge >= 0.3 is 5.97 Å². The largest absolute Gasteiger partial charge is 0.505 e. The van der Waals surface area contributed by atoms with Crippen molar-refractivity contribution >= 4 is 63.2 Å². The SMILES string of the molecule is CSCC[C@@H](C(=O)O)N(c1cnc2ccc(-c3cc(Cl)c(O)c(Cl)c3)cc2c1N[C@H]1C[C@H]2CC[C@@H](C1)N2)C1CC1. The highest BCUT2D eigenvalue weighted by atomic mass is 35.5. The first-order valence-electron chi connectivity index (χ1n) is 14.0. The number of fused-ring (bicyclic) bond motifs is 3. The zero-order valence-electron chi connectivity index (χ0n) is 22.4. The maximum absolute atomic E-state index is 12.6. The van der Waals surface area contributed by atoms with E-state index < -0.39 is 12.0 Å². The fourth-order valence-corrected chi connectivity index (χ4v) is 7.35. The molecule has 7 nitrogen and oxygen atoms in total. The molecule has 2 aromatic carbocycles. The summed E-state index contributed by atoms with van der Waals surface area (Å²) in [5.74, 6) is -0.160. The van der Waals surface area contributed by atoms with Crippen LogP contribution in [0.15, 0.2) is 36.5 Å². The Morgan fingerprint density at radius 3 is 2.45 bits per heavy atom. The Bertz CT molecular complexity index is 1400. The van der Waals surface area contributed by atoms with Gasteiger partial charge in [-0.25, -0.2) is 4.79 Å². The van der Waals surface area contributed by atoms with Crippen molar-refractivity contribution in [3.63, 3.8) is 0 Å². The van der Waals surface area contributed by atoms with E-state index in [2.05, 4.69) is 21.6 Å². The first kappa shape index (κ1) is 27.8. The number of pyridine rings is 1. The third-order valence-electron chi connectivity index (χ3n) is 8.45. The van der Waals surface area contributed by atoms with E-state index in [1.165, 1.54) is 12.8 Å². The van der Waals surface area contributed by atoms with Gasteiger partial charge in [-0.1, -0.05) is 29.3 Å². The van der Waals surface area contributed by atoms with Crippen molar-refractivity contribution < 1.29 is 15.0 Å². The molecule has 4 atom stereocenters. The second-order valence-electron chi connectivity index (χ2n) is 11.3. The van der Waals surface area contributed by atoms with Crippen LogP contribution in [0.5, 0.6) is 5.75 Å². The number of benzene rings is 2. The van der Waals surface area contributed by atoms with Gasteiger partial charge in [0.25, 0.3) is 0 Å². The Kier molecular flexibility index (Phi) is 7.96. The fourth-order valence-electron chi connectivity index (χ4n) is 6.40. The Balaban J connectivity index is 1.49. The van der Waals surface area contributed by atoms with Crippen molar-refractivity contribution in [1.29, 1.82) is 0 Å². The predicted octanol–water partition coefficient (Wildman–Crippen LogP) is 6.78. The number of phenols is 1. The zero-order chi connectivity index (χ0) is 28.0. The molecule has 3 aromatic rings. The smallest absolute Gasteiger partial charge is 0.326 e. The number of hydrogen-bond donors (Lipinski definition) is 4. The van der Waals surface area contributed by atoms with Gasteiger partial charge in [0, 0.05) is 29.6 Å². The van der Waals surface area contributed by atoms with Crippen LogP contribution in [-0.4, -0.2) is 63.4 Å². The minimum absolute atomic E-state index is 0.134. The normalized spacial score (nSPS) is 22.8. The molecule has 3 aliphatic rings. The highest BCUT2D eigenvalue weighted by Gasteiger charge is 2.40. The number of anilines is 2. The minimum atomic E-state index is -0.797. The van der Waals surface area contributed by atoms with E-state index in [1.54, 1.807) is 23.9 Å². The second-order valence-corrected chi connectivity index (χ2v) is 13.1. The number of aliphatic carboxylic acids is 1. The molecule has 1 aromatic heterocycles. The monoisotopic (exact) mass is 600 g/mol. The summed E-state index contributed by atoms with van der Waals surface area (Å²) in [7, 11) is 0. The van der Waals surface area contributed by atoms with E-state index in [0.717, 1.165) is 64.8 Å². The Hall–Kier alpha value is -2.39. The number of nitrogens with zero attached hydrogens (tertiary/aromatic N) is 2. The molecule has 0 spiro atoms. The van der Waals surface area contributed by atoms with E-state index >= 15 is 0 Å². The average molecular weight is 602 g/mol. The Morgan fingerprint density at radius 1 is 1.12 bits per heavy atom. The molecule has 4 N–H and O–H groups in total. The van der Waals surface area contributed by atoms with E-state index in [4.69, 9.17) is 28.2 Å². The molecule has 212 valence electrons. The quantitative estimate of drug-likeness (QED) is 0.202. The average Bonchev–Trinajstić information content (AvgIpc) is 3.72. The third-order valence-corrected chi connectivity index (χ3v) is 9.67. The number of aromatic hydroxyl groups is 1. The highest BCUT2D eigenvalue weighted by Crippen LogP contribution is 2.44. The summed E-state index contributed by atoms with van der Waals surface area (Å²) in [4.78, 5) is 19.5. The molecule has 2 saturated heterocycles. The number of rotatable bonds is 10. The van der Waals surface area contributed by atoms with E-state index in [9.17, 15) is 15.0 Å². The molecule has 6 rings (SSSR count). The van der Waals surface area contributed by atoms with Gasteiger partial charge in [0.1, 0.15) is 6.04 Å². The summed E-state index contributed by atoms with van der Waals surface area (Å²) in [6, 6.07) is 10.3. The van der Waals surface area contributed by atoms with E-state index in [-0.39, 0.29) is 27.9 Å². The number of thioether (sulfide) groups is 1. The van der Waals surface area contributed by atoms with E-state index in [0.29, 0.717) is 18.5 Å². The molecule has 1 aliphatic carbocycles. The number of phenolic OH excluding ortho intramolecular Hbond substituents is 1. The lowest BCUT2D eigenvalue weighted by atomic mass is 9.97. The molecule has 0 unspecified atom stereocenters. The molecule has 2 bridgehead atoms. The molecule has 2 aliphatic heterocycles. The van der Waals surface area contributed by atoms with Gasteiger partial charge in [-0.05, 0) is 92.3 Å². The molecule has 1 saturated carbocycles. The molecule has 0 radical (unpaired) electrons. The van der Waals surface area contributed by atoms with Crippen LogP contribution in [0.1, 0.15) is 44.9 Å². The van der Waals surface area contributed by atoms with Crippen molar-refractivity contribution in [2.24, 2.45) is 0 Å². The summed E-state index contributed by atoms with van der Waals surface area (Å²) in [5, 5.41) is 29.4. The number of hydrogen-bond acceptors (Lipinski definition) is 7. The van der Waals surface area contributed by atoms with Crippen LogP contribution >= 0.6 is 35.0 Å².